The maximum absolute atomic E-state index is 12.0. The van der Waals surface area contributed by atoms with Gasteiger partial charge in [0.05, 0.1) is 16.4 Å². The number of benzene rings is 1. The molecular weight excluding hydrogens is 336 g/mol. The second-order valence-electron chi connectivity index (χ2n) is 5.20. The molecule has 0 aliphatic carbocycles. The minimum atomic E-state index is -0.539. The summed E-state index contributed by atoms with van der Waals surface area (Å²) in [6.07, 6.45) is -0.316. The molecule has 2 aromatic rings. The van der Waals surface area contributed by atoms with Crippen LogP contribution in [-0.2, 0) is 16.1 Å². The molecular formula is C16H15ClN2O3S. The van der Waals surface area contributed by atoms with Crippen LogP contribution >= 0.6 is 22.9 Å². The van der Waals surface area contributed by atoms with Gasteiger partial charge in [-0.25, -0.2) is 4.79 Å². The Balaban J connectivity index is 1.59. The maximum atomic E-state index is 12.0. The molecule has 0 radical (unpaired) electrons. The van der Waals surface area contributed by atoms with E-state index in [1.165, 1.54) is 11.3 Å². The summed E-state index contributed by atoms with van der Waals surface area (Å²) in [5.74, 6) is -0.104. The van der Waals surface area contributed by atoms with Crippen LogP contribution in [0.2, 0.25) is 4.34 Å². The van der Waals surface area contributed by atoms with E-state index in [1.54, 1.807) is 6.07 Å². The lowest BCUT2D eigenvalue weighted by molar-refractivity contribution is -0.119. The summed E-state index contributed by atoms with van der Waals surface area (Å²) in [4.78, 5) is 24.6. The number of amides is 2. The van der Waals surface area contributed by atoms with Crippen molar-refractivity contribution in [1.29, 1.82) is 0 Å². The van der Waals surface area contributed by atoms with E-state index >= 15 is 0 Å². The van der Waals surface area contributed by atoms with Gasteiger partial charge in [-0.05, 0) is 17.7 Å². The van der Waals surface area contributed by atoms with Gasteiger partial charge in [0.1, 0.15) is 6.61 Å². The van der Waals surface area contributed by atoms with Crippen LogP contribution in [0.1, 0.15) is 22.9 Å². The van der Waals surface area contributed by atoms with Crippen molar-refractivity contribution in [3.8, 4) is 0 Å². The third kappa shape index (κ3) is 4.03. The van der Waals surface area contributed by atoms with E-state index in [1.807, 2.05) is 36.4 Å². The SMILES string of the molecule is O=C1C[C@@H](NC(=O)OCc2ccccc2)[C@H](c2ccc(Cl)s2)N1. The average Bonchev–Trinajstić information content (AvgIpc) is 3.12. The van der Waals surface area contributed by atoms with Crippen LogP contribution in [0.15, 0.2) is 42.5 Å². The molecule has 1 fully saturated rings. The highest BCUT2D eigenvalue weighted by atomic mass is 35.5. The first-order valence-corrected chi connectivity index (χ1v) is 8.33. The first-order valence-electron chi connectivity index (χ1n) is 7.13. The molecule has 1 aromatic carbocycles. The van der Waals surface area contributed by atoms with Crippen LogP contribution in [0.5, 0.6) is 0 Å². The number of ether oxygens (including phenoxy) is 1. The number of thiophene rings is 1. The van der Waals surface area contributed by atoms with E-state index in [0.717, 1.165) is 10.4 Å². The van der Waals surface area contributed by atoms with E-state index < -0.39 is 6.09 Å². The fourth-order valence-corrected chi connectivity index (χ4v) is 3.64. The molecule has 2 atom stereocenters. The molecule has 7 heteroatoms. The molecule has 1 aromatic heterocycles. The Bertz CT molecular complexity index is 704. The zero-order chi connectivity index (χ0) is 16.2. The highest BCUT2D eigenvalue weighted by molar-refractivity contribution is 7.16. The van der Waals surface area contributed by atoms with Crippen LogP contribution in [0.4, 0.5) is 4.79 Å². The molecule has 0 saturated carbocycles. The summed E-state index contributed by atoms with van der Waals surface area (Å²) >= 11 is 7.33. The largest absolute Gasteiger partial charge is 0.445 e. The van der Waals surface area contributed by atoms with E-state index in [-0.39, 0.29) is 31.0 Å². The lowest BCUT2D eigenvalue weighted by Crippen LogP contribution is -2.38. The fraction of sp³-hybridized carbons (Fsp3) is 0.250. The number of nitrogens with one attached hydrogen (secondary N) is 2. The maximum Gasteiger partial charge on any atom is 0.407 e. The van der Waals surface area contributed by atoms with Crippen LogP contribution in [0.3, 0.4) is 0 Å². The summed E-state index contributed by atoms with van der Waals surface area (Å²) in [5, 5.41) is 5.61. The molecule has 2 heterocycles. The Hall–Kier alpha value is -2.05. The molecule has 1 aliphatic rings. The third-order valence-corrected chi connectivity index (χ3v) is 4.85. The monoisotopic (exact) mass is 350 g/mol. The Morgan fingerprint density at radius 3 is 2.78 bits per heavy atom. The van der Waals surface area contributed by atoms with Crippen molar-refractivity contribution in [2.24, 2.45) is 0 Å². The van der Waals surface area contributed by atoms with E-state index in [2.05, 4.69) is 10.6 Å². The van der Waals surface area contributed by atoms with Crippen molar-refractivity contribution >= 4 is 34.9 Å². The van der Waals surface area contributed by atoms with Crippen LogP contribution in [-0.4, -0.2) is 18.0 Å². The first-order chi connectivity index (χ1) is 11.1. The Morgan fingerprint density at radius 2 is 2.09 bits per heavy atom. The molecule has 0 bridgehead atoms. The molecule has 5 nitrogen and oxygen atoms in total. The topological polar surface area (TPSA) is 67.4 Å². The summed E-state index contributed by atoms with van der Waals surface area (Å²) < 4.78 is 5.85. The van der Waals surface area contributed by atoms with E-state index in [4.69, 9.17) is 16.3 Å². The van der Waals surface area contributed by atoms with Gasteiger partial charge in [0.2, 0.25) is 5.91 Å². The zero-order valence-electron chi connectivity index (χ0n) is 12.1. The standard InChI is InChI=1S/C16H15ClN2O3S/c17-13-7-6-12(23-13)15-11(8-14(20)19-15)18-16(21)22-9-10-4-2-1-3-5-10/h1-7,11,15H,8-9H2,(H,18,21)(H,19,20)/t11-,15-/m1/s1. The number of hydrogen-bond donors (Lipinski definition) is 2. The average molecular weight is 351 g/mol. The number of alkyl carbamates (subject to hydrolysis) is 1. The second kappa shape index (κ2) is 7.02. The van der Waals surface area contributed by atoms with Gasteiger partial charge in [0.15, 0.2) is 0 Å². The van der Waals surface area contributed by atoms with E-state index in [0.29, 0.717) is 4.34 Å². The summed E-state index contributed by atoms with van der Waals surface area (Å²) in [6, 6.07) is 12.4. The van der Waals surface area contributed by atoms with Crippen LogP contribution < -0.4 is 10.6 Å². The van der Waals surface area contributed by atoms with Crippen molar-refractivity contribution in [2.75, 3.05) is 0 Å². The van der Waals surface area contributed by atoms with Crippen LogP contribution in [0, 0.1) is 0 Å². The number of hydrogen-bond acceptors (Lipinski definition) is 4. The molecule has 2 amide bonds. The minimum Gasteiger partial charge on any atom is -0.445 e. The predicted molar refractivity (Wildman–Crippen MR) is 88.4 cm³/mol. The highest BCUT2D eigenvalue weighted by Gasteiger charge is 2.35. The van der Waals surface area contributed by atoms with Crippen molar-refractivity contribution in [3.63, 3.8) is 0 Å². The normalized spacial score (nSPS) is 20.1. The molecule has 120 valence electrons. The smallest absolute Gasteiger partial charge is 0.407 e. The van der Waals surface area contributed by atoms with Gasteiger partial charge < -0.3 is 15.4 Å². The second-order valence-corrected chi connectivity index (χ2v) is 6.95. The van der Waals surface area contributed by atoms with Gasteiger partial charge in [-0.15, -0.1) is 11.3 Å². The van der Waals surface area contributed by atoms with Gasteiger partial charge in [0, 0.05) is 11.3 Å². The molecule has 0 spiro atoms. The van der Waals surface area contributed by atoms with Crippen molar-refractivity contribution in [3.05, 3.63) is 57.2 Å². The van der Waals surface area contributed by atoms with Gasteiger partial charge in [-0.3, -0.25) is 4.79 Å². The molecule has 2 N–H and O–H groups in total. The Kier molecular flexibility index (Phi) is 4.83. The molecule has 23 heavy (non-hydrogen) atoms. The quantitative estimate of drug-likeness (QED) is 0.889. The third-order valence-electron chi connectivity index (χ3n) is 3.54. The van der Waals surface area contributed by atoms with Gasteiger partial charge >= 0.3 is 6.09 Å². The highest BCUT2D eigenvalue weighted by Crippen LogP contribution is 2.32. The lowest BCUT2D eigenvalue weighted by atomic mass is 10.1. The number of carbonyl (C=O) groups excluding carboxylic acids is 2. The van der Waals surface area contributed by atoms with Gasteiger partial charge in [-0.1, -0.05) is 41.9 Å². The van der Waals surface area contributed by atoms with Gasteiger partial charge in [0.25, 0.3) is 0 Å². The van der Waals surface area contributed by atoms with Gasteiger partial charge in [-0.2, -0.15) is 0 Å². The van der Waals surface area contributed by atoms with Crippen LogP contribution in [0.25, 0.3) is 0 Å². The Morgan fingerprint density at radius 1 is 1.30 bits per heavy atom. The number of carbonyl (C=O) groups is 2. The fourth-order valence-electron chi connectivity index (χ4n) is 2.47. The summed E-state index contributed by atoms with van der Waals surface area (Å²) in [5.41, 5.74) is 0.907. The molecule has 1 aliphatic heterocycles. The van der Waals surface area contributed by atoms with Crippen molar-refractivity contribution in [2.45, 2.75) is 25.1 Å². The first kappa shape index (κ1) is 15.8. The molecule has 3 rings (SSSR count). The number of halogens is 1. The molecule has 0 unspecified atom stereocenters. The summed E-state index contributed by atoms with van der Waals surface area (Å²) in [7, 11) is 0. The van der Waals surface area contributed by atoms with E-state index in [9.17, 15) is 9.59 Å². The number of rotatable bonds is 4. The predicted octanol–water partition coefficient (Wildman–Crippen LogP) is 3.26. The van der Waals surface area contributed by atoms with Crippen molar-refractivity contribution < 1.29 is 14.3 Å². The lowest BCUT2D eigenvalue weighted by Gasteiger charge is -2.18. The zero-order valence-corrected chi connectivity index (χ0v) is 13.7. The van der Waals surface area contributed by atoms with Crippen molar-refractivity contribution in [1.82, 2.24) is 10.6 Å². The minimum absolute atomic E-state index is 0.104. The Labute approximate surface area is 142 Å². The summed E-state index contributed by atoms with van der Waals surface area (Å²) in [6.45, 7) is 0.191. The molecule has 1 saturated heterocycles.